The minimum Gasteiger partial charge on any atom is -0.504 e. The van der Waals surface area contributed by atoms with Gasteiger partial charge in [-0.1, -0.05) is 18.2 Å². The molecule has 5 nitrogen and oxygen atoms in total. The Bertz CT molecular complexity index is 570. The van der Waals surface area contributed by atoms with Crippen molar-refractivity contribution in [2.45, 2.75) is 0 Å². The zero-order valence-corrected chi connectivity index (χ0v) is 10.4. The van der Waals surface area contributed by atoms with Gasteiger partial charge in [0.15, 0.2) is 11.5 Å². The highest BCUT2D eigenvalue weighted by Crippen LogP contribution is 2.26. The van der Waals surface area contributed by atoms with Gasteiger partial charge in [-0.15, -0.1) is 0 Å². The Kier molecular flexibility index (Phi) is 3.87. The van der Waals surface area contributed by atoms with Crippen molar-refractivity contribution in [3.63, 3.8) is 0 Å². The molecule has 2 aromatic rings. The lowest BCUT2D eigenvalue weighted by atomic mass is 10.2. The van der Waals surface area contributed by atoms with Gasteiger partial charge in [0, 0.05) is 5.56 Å². The van der Waals surface area contributed by atoms with E-state index in [4.69, 9.17) is 4.74 Å². The summed E-state index contributed by atoms with van der Waals surface area (Å²) in [6.07, 6.45) is 0. The number of amides is 1. The lowest BCUT2D eigenvalue weighted by molar-refractivity contribution is 0.0962. The molecular formula is C14H14N2O3. The molecule has 3 N–H and O–H groups in total. The van der Waals surface area contributed by atoms with Crippen LogP contribution in [-0.4, -0.2) is 18.1 Å². The summed E-state index contributed by atoms with van der Waals surface area (Å²) in [5.74, 6) is -0.0652. The number of carbonyl (C=O) groups is 1. The molecule has 0 saturated carbocycles. The lowest BCUT2D eigenvalue weighted by Crippen LogP contribution is -2.29. The quantitative estimate of drug-likeness (QED) is 0.735. The minimum absolute atomic E-state index is 0.00457. The number of carbonyl (C=O) groups excluding carboxylic acids is 1. The van der Waals surface area contributed by atoms with E-state index >= 15 is 0 Å². The van der Waals surface area contributed by atoms with E-state index in [0.717, 1.165) is 5.69 Å². The topological polar surface area (TPSA) is 70.6 Å². The predicted octanol–water partition coefficient (Wildman–Crippen LogP) is 2.16. The second kappa shape index (κ2) is 5.77. The third-order valence-electron chi connectivity index (χ3n) is 2.54. The Labute approximate surface area is 110 Å². The SMILES string of the molecule is COc1cc(C(=O)NNc2ccccc2)ccc1O. The molecule has 0 unspecified atom stereocenters. The van der Waals surface area contributed by atoms with E-state index in [1.165, 1.54) is 25.3 Å². The molecule has 0 saturated heterocycles. The molecule has 0 aliphatic heterocycles. The summed E-state index contributed by atoms with van der Waals surface area (Å²) in [4.78, 5) is 11.9. The molecule has 2 aromatic carbocycles. The fraction of sp³-hybridized carbons (Fsp3) is 0.0714. The number of hydrogen-bond acceptors (Lipinski definition) is 4. The van der Waals surface area contributed by atoms with Crippen LogP contribution in [0.3, 0.4) is 0 Å². The smallest absolute Gasteiger partial charge is 0.269 e. The van der Waals surface area contributed by atoms with Crippen molar-refractivity contribution in [2.75, 3.05) is 12.5 Å². The van der Waals surface area contributed by atoms with Crippen molar-refractivity contribution in [3.05, 3.63) is 54.1 Å². The summed E-state index contributed by atoms with van der Waals surface area (Å²) in [7, 11) is 1.43. The van der Waals surface area contributed by atoms with Crippen LogP contribution in [0.1, 0.15) is 10.4 Å². The molecule has 0 radical (unpaired) electrons. The highest BCUT2D eigenvalue weighted by molar-refractivity contribution is 5.95. The van der Waals surface area contributed by atoms with Gasteiger partial charge < -0.3 is 9.84 Å². The number of benzene rings is 2. The lowest BCUT2D eigenvalue weighted by Gasteiger charge is -2.09. The molecule has 0 heterocycles. The first-order valence-corrected chi connectivity index (χ1v) is 5.69. The zero-order valence-electron chi connectivity index (χ0n) is 10.4. The van der Waals surface area contributed by atoms with Gasteiger partial charge in [-0.3, -0.25) is 15.6 Å². The summed E-state index contributed by atoms with van der Waals surface area (Å²) in [5, 5.41) is 9.45. The molecule has 0 bridgehead atoms. The highest BCUT2D eigenvalue weighted by Gasteiger charge is 2.09. The fourth-order valence-corrected chi connectivity index (χ4v) is 1.54. The molecule has 0 spiro atoms. The van der Waals surface area contributed by atoms with Crippen LogP contribution < -0.4 is 15.6 Å². The van der Waals surface area contributed by atoms with Crippen LogP contribution in [-0.2, 0) is 0 Å². The summed E-state index contributed by atoms with van der Waals surface area (Å²) in [6, 6.07) is 13.7. The molecule has 0 atom stereocenters. The van der Waals surface area contributed by atoms with Gasteiger partial charge in [0.1, 0.15) is 0 Å². The highest BCUT2D eigenvalue weighted by atomic mass is 16.5. The molecular weight excluding hydrogens is 244 g/mol. The maximum absolute atomic E-state index is 11.9. The van der Waals surface area contributed by atoms with E-state index in [1.54, 1.807) is 0 Å². The van der Waals surface area contributed by atoms with Gasteiger partial charge in [-0.05, 0) is 30.3 Å². The number of aromatic hydroxyl groups is 1. The Morgan fingerprint density at radius 1 is 1.16 bits per heavy atom. The van der Waals surface area contributed by atoms with E-state index in [-0.39, 0.29) is 17.4 Å². The van der Waals surface area contributed by atoms with Crippen molar-refractivity contribution < 1.29 is 14.6 Å². The number of methoxy groups -OCH3 is 1. The van der Waals surface area contributed by atoms with E-state index in [0.29, 0.717) is 5.56 Å². The Hall–Kier alpha value is -2.69. The summed E-state index contributed by atoms with van der Waals surface area (Å²) < 4.78 is 4.95. The first-order valence-electron chi connectivity index (χ1n) is 5.69. The van der Waals surface area contributed by atoms with Gasteiger partial charge in [-0.25, -0.2) is 0 Å². The fourth-order valence-electron chi connectivity index (χ4n) is 1.54. The molecule has 0 aliphatic rings. The van der Waals surface area contributed by atoms with Gasteiger partial charge in [-0.2, -0.15) is 0 Å². The monoisotopic (exact) mass is 258 g/mol. The van der Waals surface area contributed by atoms with Crippen molar-refractivity contribution in [1.82, 2.24) is 5.43 Å². The number of ether oxygens (including phenoxy) is 1. The van der Waals surface area contributed by atoms with Gasteiger partial charge >= 0.3 is 0 Å². The first kappa shape index (κ1) is 12.8. The van der Waals surface area contributed by atoms with Gasteiger partial charge in [0.05, 0.1) is 12.8 Å². The molecule has 0 aliphatic carbocycles. The van der Waals surface area contributed by atoms with Crippen molar-refractivity contribution in [1.29, 1.82) is 0 Å². The molecule has 2 rings (SSSR count). The van der Waals surface area contributed by atoms with Crippen LogP contribution >= 0.6 is 0 Å². The number of para-hydroxylation sites is 1. The van der Waals surface area contributed by atoms with Crippen molar-refractivity contribution in [3.8, 4) is 11.5 Å². The van der Waals surface area contributed by atoms with Crippen LogP contribution in [0.4, 0.5) is 5.69 Å². The van der Waals surface area contributed by atoms with Crippen LogP contribution in [0.2, 0.25) is 0 Å². The number of rotatable bonds is 4. The second-order valence-electron chi connectivity index (χ2n) is 3.83. The summed E-state index contributed by atoms with van der Waals surface area (Å²) in [6.45, 7) is 0. The molecule has 0 aromatic heterocycles. The zero-order chi connectivity index (χ0) is 13.7. The normalized spacial score (nSPS) is 9.74. The molecule has 0 fully saturated rings. The number of anilines is 1. The maximum Gasteiger partial charge on any atom is 0.269 e. The van der Waals surface area contributed by atoms with E-state index in [2.05, 4.69) is 10.9 Å². The Balaban J connectivity index is 2.04. The maximum atomic E-state index is 11.9. The second-order valence-corrected chi connectivity index (χ2v) is 3.83. The standard InChI is InChI=1S/C14H14N2O3/c1-19-13-9-10(7-8-12(13)17)14(18)16-15-11-5-3-2-4-6-11/h2-9,15,17H,1H3,(H,16,18). The number of hydrogen-bond donors (Lipinski definition) is 3. The van der Waals surface area contributed by atoms with Crippen LogP contribution in [0.15, 0.2) is 48.5 Å². The van der Waals surface area contributed by atoms with Gasteiger partial charge in [0.25, 0.3) is 5.91 Å². The Morgan fingerprint density at radius 2 is 1.89 bits per heavy atom. The summed E-state index contributed by atoms with van der Waals surface area (Å²) >= 11 is 0. The molecule has 19 heavy (non-hydrogen) atoms. The van der Waals surface area contributed by atoms with Crippen LogP contribution in [0.25, 0.3) is 0 Å². The van der Waals surface area contributed by atoms with E-state index in [1.807, 2.05) is 30.3 Å². The third-order valence-corrected chi connectivity index (χ3v) is 2.54. The molecule has 1 amide bonds. The number of nitrogens with one attached hydrogen (secondary N) is 2. The van der Waals surface area contributed by atoms with Crippen molar-refractivity contribution >= 4 is 11.6 Å². The van der Waals surface area contributed by atoms with Gasteiger partial charge in [0.2, 0.25) is 0 Å². The summed E-state index contributed by atoms with van der Waals surface area (Å²) in [5.41, 5.74) is 6.52. The largest absolute Gasteiger partial charge is 0.504 e. The predicted molar refractivity (Wildman–Crippen MR) is 72.2 cm³/mol. The van der Waals surface area contributed by atoms with E-state index < -0.39 is 0 Å². The van der Waals surface area contributed by atoms with Crippen molar-refractivity contribution in [2.24, 2.45) is 0 Å². The number of hydrazine groups is 1. The minimum atomic E-state index is -0.317. The van der Waals surface area contributed by atoms with Crippen LogP contribution in [0.5, 0.6) is 11.5 Å². The molecule has 98 valence electrons. The number of phenolic OH excluding ortho intramolecular Hbond substituents is 1. The first-order chi connectivity index (χ1) is 9.20. The average Bonchev–Trinajstić information content (AvgIpc) is 2.46. The van der Waals surface area contributed by atoms with Crippen LogP contribution in [0, 0.1) is 0 Å². The Morgan fingerprint density at radius 3 is 2.58 bits per heavy atom. The van der Waals surface area contributed by atoms with E-state index in [9.17, 15) is 9.90 Å². The third kappa shape index (κ3) is 3.16. The molecule has 5 heteroatoms. The average molecular weight is 258 g/mol. The number of phenols is 1.